The summed E-state index contributed by atoms with van der Waals surface area (Å²) >= 11 is 5.94. The average Bonchev–Trinajstić information content (AvgIpc) is 2.88. The van der Waals surface area contributed by atoms with Gasteiger partial charge in [0.25, 0.3) is 0 Å². The fraction of sp³-hybridized carbons (Fsp3) is 0. The number of aromatic amines is 1. The Bertz CT molecular complexity index is 885. The second-order valence-corrected chi connectivity index (χ2v) is 5.11. The van der Waals surface area contributed by atoms with Crippen LogP contribution in [0.1, 0.15) is 21.5 Å². The maximum absolute atomic E-state index is 12.6. The zero-order valence-electron chi connectivity index (χ0n) is 10.9. The minimum absolute atomic E-state index is 0.189. The van der Waals surface area contributed by atoms with Crippen molar-refractivity contribution < 1.29 is 4.79 Å². The van der Waals surface area contributed by atoms with Crippen LogP contribution in [-0.4, -0.2) is 10.8 Å². The van der Waals surface area contributed by atoms with E-state index in [1.54, 1.807) is 42.6 Å². The minimum Gasteiger partial charge on any atom is -0.399 e. The Hall–Kier alpha value is -2.77. The minimum atomic E-state index is -0.189. The number of nitrogens with one attached hydrogen (secondary N) is 1. The van der Waals surface area contributed by atoms with E-state index in [1.807, 2.05) is 0 Å². The summed E-state index contributed by atoms with van der Waals surface area (Å²) < 4.78 is 0. The largest absolute Gasteiger partial charge is 0.399 e. The molecule has 0 bridgehead atoms. The van der Waals surface area contributed by atoms with Crippen LogP contribution in [0.25, 0.3) is 10.9 Å². The number of anilines is 1. The average molecular weight is 296 g/mol. The van der Waals surface area contributed by atoms with Crippen molar-refractivity contribution in [3.05, 3.63) is 64.3 Å². The van der Waals surface area contributed by atoms with E-state index in [9.17, 15) is 4.79 Å². The lowest BCUT2D eigenvalue weighted by atomic mass is 10.0. The van der Waals surface area contributed by atoms with E-state index in [0.29, 0.717) is 32.8 Å². The molecule has 2 aromatic carbocycles. The Morgan fingerprint density at radius 1 is 1.24 bits per heavy atom. The van der Waals surface area contributed by atoms with Crippen LogP contribution in [0.2, 0.25) is 5.02 Å². The number of carbonyl (C=O) groups excluding carboxylic acids is 1. The molecule has 21 heavy (non-hydrogen) atoms. The summed E-state index contributed by atoms with van der Waals surface area (Å²) in [5.41, 5.74) is 8.36. The molecule has 0 radical (unpaired) electrons. The highest BCUT2D eigenvalue weighted by Gasteiger charge is 2.15. The number of hydrogen-bond donors (Lipinski definition) is 2. The fourth-order valence-electron chi connectivity index (χ4n) is 2.28. The van der Waals surface area contributed by atoms with Gasteiger partial charge in [-0.15, -0.1) is 0 Å². The highest BCUT2D eigenvalue weighted by molar-refractivity contribution is 6.31. The Morgan fingerprint density at radius 3 is 2.76 bits per heavy atom. The number of H-pyrrole nitrogens is 1. The Balaban J connectivity index is 2.15. The summed E-state index contributed by atoms with van der Waals surface area (Å²) in [6, 6.07) is 12.0. The number of halogens is 1. The molecular weight excluding hydrogens is 286 g/mol. The first-order valence-corrected chi connectivity index (χ1v) is 6.58. The molecule has 0 atom stereocenters. The molecule has 0 aliphatic carbocycles. The standard InChI is InChI=1S/C16H10ClN3O/c17-11-4-10(5-12(19)6-11)16(21)14-8-20-15-2-1-9(7-18)3-13(14)15/h1-6,8,20H,19H2. The molecule has 3 aromatic rings. The molecule has 0 unspecified atom stereocenters. The van der Waals surface area contributed by atoms with Crippen molar-refractivity contribution in [3.63, 3.8) is 0 Å². The maximum atomic E-state index is 12.6. The van der Waals surface area contributed by atoms with Crippen LogP contribution in [-0.2, 0) is 0 Å². The predicted molar refractivity (Wildman–Crippen MR) is 82.3 cm³/mol. The summed E-state index contributed by atoms with van der Waals surface area (Å²) in [5.74, 6) is -0.189. The van der Waals surface area contributed by atoms with Gasteiger partial charge in [0, 0.05) is 38.9 Å². The lowest BCUT2D eigenvalue weighted by Crippen LogP contribution is -2.01. The van der Waals surface area contributed by atoms with Gasteiger partial charge in [0.1, 0.15) is 0 Å². The highest BCUT2D eigenvalue weighted by atomic mass is 35.5. The molecule has 0 aliphatic rings. The predicted octanol–water partition coefficient (Wildman–Crippen LogP) is 3.51. The van der Waals surface area contributed by atoms with Crippen LogP contribution in [0.5, 0.6) is 0 Å². The van der Waals surface area contributed by atoms with E-state index < -0.39 is 0 Å². The lowest BCUT2D eigenvalue weighted by molar-refractivity contribution is 0.104. The SMILES string of the molecule is N#Cc1ccc2[nH]cc(C(=O)c3cc(N)cc(Cl)c3)c2c1. The van der Waals surface area contributed by atoms with Gasteiger partial charge >= 0.3 is 0 Å². The number of benzene rings is 2. The number of nitriles is 1. The number of carbonyl (C=O) groups is 1. The number of nitrogen functional groups attached to an aromatic ring is 1. The third kappa shape index (κ3) is 2.35. The molecule has 1 aromatic heterocycles. The molecule has 3 rings (SSSR count). The molecule has 0 aliphatic heterocycles. The van der Waals surface area contributed by atoms with Gasteiger partial charge in [0.15, 0.2) is 5.78 Å². The first-order valence-electron chi connectivity index (χ1n) is 6.20. The van der Waals surface area contributed by atoms with Gasteiger partial charge in [-0.05, 0) is 36.4 Å². The van der Waals surface area contributed by atoms with Crippen molar-refractivity contribution in [1.82, 2.24) is 4.98 Å². The molecule has 4 nitrogen and oxygen atoms in total. The third-order valence-electron chi connectivity index (χ3n) is 3.24. The van der Waals surface area contributed by atoms with E-state index in [0.717, 1.165) is 5.52 Å². The normalized spacial score (nSPS) is 10.5. The van der Waals surface area contributed by atoms with Crippen molar-refractivity contribution in [2.24, 2.45) is 0 Å². The van der Waals surface area contributed by atoms with Crippen LogP contribution in [0.3, 0.4) is 0 Å². The van der Waals surface area contributed by atoms with Gasteiger partial charge in [0.2, 0.25) is 0 Å². The summed E-state index contributed by atoms with van der Waals surface area (Å²) in [6.07, 6.45) is 1.63. The zero-order valence-corrected chi connectivity index (χ0v) is 11.6. The molecule has 0 saturated heterocycles. The van der Waals surface area contributed by atoms with E-state index in [4.69, 9.17) is 22.6 Å². The number of ketones is 1. The lowest BCUT2D eigenvalue weighted by Gasteiger charge is -2.03. The number of aromatic nitrogens is 1. The van der Waals surface area contributed by atoms with Crippen LogP contribution in [0, 0.1) is 11.3 Å². The Kier molecular flexibility index (Phi) is 3.13. The third-order valence-corrected chi connectivity index (χ3v) is 3.46. The van der Waals surface area contributed by atoms with Gasteiger partial charge < -0.3 is 10.7 Å². The number of hydrogen-bond acceptors (Lipinski definition) is 3. The molecule has 0 spiro atoms. The first-order chi connectivity index (χ1) is 10.1. The number of rotatable bonds is 2. The van der Waals surface area contributed by atoms with E-state index in [1.165, 1.54) is 0 Å². The summed E-state index contributed by atoms with van der Waals surface area (Å²) in [5, 5.41) is 10.1. The van der Waals surface area contributed by atoms with Crippen LogP contribution in [0.15, 0.2) is 42.6 Å². The summed E-state index contributed by atoms with van der Waals surface area (Å²) in [6.45, 7) is 0. The van der Waals surface area contributed by atoms with E-state index in [2.05, 4.69) is 11.1 Å². The van der Waals surface area contributed by atoms with Crippen molar-refractivity contribution >= 4 is 34.0 Å². The van der Waals surface area contributed by atoms with E-state index >= 15 is 0 Å². The van der Waals surface area contributed by atoms with Crippen molar-refractivity contribution in [1.29, 1.82) is 5.26 Å². The van der Waals surface area contributed by atoms with Crippen molar-refractivity contribution in [2.75, 3.05) is 5.73 Å². The Morgan fingerprint density at radius 2 is 2.05 bits per heavy atom. The summed E-state index contributed by atoms with van der Waals surface area (Å²) in [4.78, 5) is 15.6. The zero-order chi connectivity index (χ0) is 15.0. The molecule has 0 fully saturated rings. The molecule has 5 heteroatoms. The monoisotopic (exact) mass is 295 g/mol. The number of nitrogens with two attached hydrogens (primary N) is 1. The second kappa shape index (κ2) is 4.97. The van der Waals surface area contributed by atoms with Crippen molar-refractivity contribution in [2.45, 2.75) is 0 Å². The van der Waals surface area contributed by atoms with E-state index in [-0.39, 0.29) is 5.78 Å². The van der Waals surface area contributed by atoms with Crippen LogP contribution in [0.4, 0.5) is 5.69 Å². The van der Waals surface area contributed by atoms with Gasteiger partial charge in [-0.1, -0.05) is 11.6 Å². The molecule has 3 N–H and O–H groups in total. The van der Waals surface area contributed by atoms with Crippen LogP contribution >= 0.6 is 11.6 Å². The molecule has 0 saturated carbocycles. The molecule has 0 amide bonds. The molecule has 1 heterocycles. The van der Waals surface area contributed by atoms with Gasteiger partial charge in [-0.25, -0.2) is 0 Å². The van der Waals surface area contributed by atoms with Gasteiger partial charge in [-0.3, -0.25) is 4.79 Å². The maximum Gasteiger partial charge on any atom is 0.195 e. The Labute approximate surface area is 125 Å². The van der Waals surface area contributed by atoms with Crippen molar-refractivity contribution in [3.8, 4) is 6.07 Å². The second-order valence-electron chi connectivity index (χ2n) is 4.68. The fourth-order valence-corrected chi connectivity index (χ4v) is 2.52. The van der Waals surface area contributed by atoms with Gasteiger partial charge in [0.05, 0.1) is 11.6 Å². The topological polar surface area (TPSA) is 82.7 Å². The smallest absolute Gasteiger partial charge is 0.195 e. The van der Waals surface area contributed by atoms with Gasteiger partial charge in [-0.2, -0.15) is 5.26 Å². The summed E-state index contributed by atoms with van der Waals surface area (Å²) in [7, 11) is 0. The molecular formula is C16H10ClN3O. The number of fused-ring (bicyclic) bond motifs is 1. The number of nitrogens with zero attached hydrogens (tertiary/aromatic N) is 1. The molecule has 102 valence electrons. The van der Waals surface area contributed by atoms with Crippen LogP contribution < -0.4 is 5.73 Å². The quantitative estimate of drug-likeness (QED) is 0.560. The highest BCUT2D eigenvalue weighted by Crippen LogP contribution is 2.25. The first kappa shape index (κ1) is 13.2.